The van der Waals surface area contributed by atoms with Gasteiger partial charge in [-0.15, -0.1) is 0 Å². The lowest BCUT2D eigenvalue weighted by molar-refractivity contribution is 0.136. The van der Waals surface area contributed by atoms with E-state index in [-0.39, 0.29) is 0 Å². The van der Waals surface area contributed by atoms with Crippen molar-refractivity contribution < 1.29 is 9.84 Å². The van der Waals surface area contributed by atoms with Crippen LogP contribution >= 0.6 is 0 Å². The van der Waals surface area contributed by atoms with Gasteiger partial charge < -0.3 is 20.1 Å². The molecule has 1 atom stereocenters. The molecule has 166 valence electrons. The summed E-state index contributed by atoms with van der Waals surface area (Å²) in [5, 5.41) is 18.8. The summed E-state index contributed by atoms with van der Waals surface area (Å²) in [6.45, 7) is 5.75. The second-order valence-electron chi connectivity index (χ2n) is 8.28. The lowest BCUT2D eigenvalue weighted by atomic mass is 10.1. The van der Waals surface area contributed by atoms with Crippen LogP contribution in [0.3, 0.4) is 0 Å². The molecule has 0 aliphatic heterocycles. The quantitative estimate of drug-likeness (QED) is 0.478. The minimum absolute atomic E-state index is 0.368. The van der Waals surface area contributed by atoms with Crippen LogP contribution in [-0.2, 0) is 17.7 Å². The topological polar surface area (TPSA) is 101 Å². The first-order valence-corrected chi connectivity index (χ1v) is 10.9. The minimum Gasteiger partial charge on any atom is -0.392 e. The van der Waals surface area contributed by atoms with Crippen molar-refractivity contribution in [3.05, 3.63) is 29.6 Å². The maximum atomic E-state index is 10.6. The molecule has 0 aromatic carbocycles. The van der Waals surface area contributed by atoms with Crippen LogP contribution in [0.15, 0.2) is 18.3 Å². The Hall–Kier alpha value is -2.78. The van der Waals surface area contributed by atoms with Crippen LogP contribution in [0.25, 0.3) is 11.0 Å². The van der Waals surface area contributed by atoms with E-state index >= 15 is 0 Å². The zero-order valence-corrected chi connectivity index (χ0v) is 18.7. The van der Waals surface area contributed by atoms with Gasteiger partial charge in [0.15, 0.2) is 5.82 Å². The SMILES string of the molecule is CCOCCn1nc(CC(O)C2CC2)c2nc(N(C)C)nc(Nc3cc(C)ccn3)c21. The van der Waals surface area contributed by atoms with Crippen molar-refractivity contribution in [1.82, 2.24) is 24.7 Å². The molecule has 1 unspecified atom stereocenters. The molecule has 0 amide bonds. The van der Waals surface area contributed by atoms with E-state index in [2.05, 4.69) is 10.3 Å². The Kier molecular flexibility index (Phi) is 6.33. The molecule has 1 aliphatic rings. The molecule has 31 heavy (non-hydrogen) atoms. The molecular weight excluding hydrogens is 394 g/mol. The number of nitrogens with zero attached hydrogens (tertiary/aromatic N) is 6. The van der Waals surface area contributed by atoms with Crippen molar-refractivity contribution >= 4 is 28.6 Å². The molecule has 0 radical (unpaired) electrons. The van der Waals surface area contributed by atoms with E-state index in [0.29, 0.717) is 49.7 Å². The number of nitrogens with one attached hydrogen (secondary N) is 1. The summed E-state index contributed by atoms with van der Waals surface area (Å²) in [6.07, 6.45) is 4.01. The summed E-state index contributed by atoms with van der Waals surface area (Å²) in [5.41, 5.74) is 3.45. The standard InChI is InChI=1S/C22H31N7O2/c1-5-31-11-10-29-20-19(16(27-29)13-17(30)15-6-7-15)25-22(28(3)4)26-21(20)24-18-12-14(2)8-9-23-18/h8-9,12,15,17,30H,5-7,10-11,13H2,1-4H3,(H,23,24,25,26). The molecule has 9 heteroatoms. The maximum absolute atomic E-state index is 10.6. The summed E-state index contributed by atoms with van der Waals surface area (Å²) in [7, 11) is 3.82. The predicted molar refractivity (Wildman–Crippen MR) is 121 cm³/mol. The number of anilines is 3. The van der Waals surface area contributed by atoms with Crippen LogP contribution in [0, 0.1) is 12.8 Å². The van der Waals surface area contributed by atoms with Gasteiger partial charge in [0.25, 0.3) is 0 Å². The normalized spacial score (nSPS) is 14.7. The Bertz CT molecular complexity index is 1050. The molecule has 4 rings (SSSR count). The fraction of sp³-hybridized carbons (Fsp3) is 0.545. The van der Waals surface area contributed by atoms with Crippen molar-refractivity contribution in [1.29, 1.82) is 0 Å². The summed E-state index contributed by atoms with van der Waals surface area (Å²) in [4.78, 5) is 15.8. The molecule has 0 spiro atoms. The number of pyridine rings is 1. The zero-order chi connectivity index (χ0) is 22.0. The van der Waals surface area contributed by atoms with Crippen LogP contribution in [0.1, 0.15) is 31.0 Å². The first-order chi connectivity index (χ1) is 15.0. The number of fused-ring (bicyclic) bond motifs is 1. The monoisotopic (exact) mass is 425 g/mol. The third-order valence-electron chi connectivity index (χ3n) is 5.43. The summed E-state index contributed by atoms with van der Waals surface area (Å²) in [5.74, 6) is 2.30. The van der Waals surface area contributed by atoms with Gasteiger partial charge >= 0.3 is 0 Å². The number of aromatic nitrogens is 5. The van der Waals surface area contributed by atoms with Crippen LogP contribution in [-0.4, -0.2) is 63.3 Å². The van der Waals surface area contributed by atoms with Gasteiger partial charge in [-0.05, 0) is 50.3 Å². The number of aryl methyl sites for hydroxylation is 1. The average Bonchev–Trinajstić information content (AvgIpc) is 3.52. The van der Waals surface area contributed by atoms with E-state index in [1.807, 2.05) is 49.7 Å². The van der Waals surface area contributed by atoms with Gasteiger partial charge in [-0.3, -0.25) is 4.68 Å². The summed E-state index contributed by atoms with van der Waals surface area (Å²) >= 11 is 0. The van der Waals surface area contributed by atoms with Gasteiger partial charge in [0.1, 0.15) is 16.9 Å². The van der Waals surface area contributed by atoms with Gasteiger partial charge in [-0.25, -0.2) is 9.97 Å². The molecule has 9 nitrogen and oxygen atoms in total. The number of hydrogen-bond acceptors (Lipinski definition) is 8. The molecule has 1 fully saturated rings. The Morgan fingerprint density at radius 3 is 2.81 bits per heavy atom. The van der Waals surface area contributed by atoms with E-state index in [4.69, 9.17) is 19.8 Å². The van der Waals surface area contributed by atoms with Crippen molar-refractivity contribution in [2.24, 2.45) is 5.92 Å². The highest BCUT2D eigenvalue weighted by molar-refractivity contribution is 5.90. The van der Waals surface area contributed by atoms with E-state index in [0.717, 1.165) is 35.1 Å². The van der Waals surface area contributed by atoms with Crippen LogP contribution in [0.4, 0.5) is 17.6 Å². The number of aliphatic hydroxyl groups is 1. The molecule has 0 saturated heterocycles. The Balaban J connectivity index is 1.81. The third-order valence-corrected chi connectivity index (χ3v) is 5.43. The van der Waals surface area contributed by atoms with E-state index < -0.39 is 6.10 Å². The second kappa shape index (κ2) is 9.15. The second-order valence-corrected chi connectivity index (χ2v) is 8.28. The molecular formula is C22H31N7O2. The van der Waals surface area contributed by atoms with Crippen molar-refractivity contribution in [2.75, 3.05) is 37.5 Å². The van der Waals surface area contributed by atoms with E-state index in [9.17, 15) is 5.11 Å². The fourth-order valence-corrected chi connectivity index (χ4v) is 3.59. The largest absolute Gasteiger partial charge is 0.392 e. The summed E-state index contributed by atoms with van der Waals surface area (Å²) in [6, 6.07) is 3.93. The fourth-order valence-electron chi connectivity index (χ4n) is 3.59. The van der Waals surface area contributed by atoms with Gasteiger partial charge in [0.2, 0.25) is 5.95 Å². The number of rotatable bonds is 10. The van der Waals surface area contributed by atoms with E-state index in [1.165, 1.54) is 0 Å². The van der Waals surface area contributed by atoms with Crippen LogP contribution < -0.4 is 10.2 Å². The predicted octanol–water partition coefficient (Wildman–Crippen LogP) is 2.69. The highest BCUT2D eigenvalue weighted by Gasteiger charge is 2.31. The molecule has 0 bridgehead atoms. The van der Waals surface area contributed by atoms with Gasteiger partial charge in [0.05, 0.1) is 24.9 Å². The lowest BCUT2D eigenvalue weighted by Gasteiger charge is -2.14. The molecule has 3 aromatic heterocycles. The molecule has 3 heterocycles. The van der Waals surface area contributed by atoms with Gasteiger partial charge in [0, 0.05) is 33.3 Å². The Morgan fingerprint density at radius 1 is 1.32 bits per heavy atom. The zero-order valence-electron chi connectivity index (χ0n) is 18.7. The van der Waals surface area contributed by atoms with Crippen molar-refractivity contribution in [3.63, 3.8) is 0 Å². The first kappa shape index (κ1) is 21.5. The molecule has 2 N–H and O–H groups in total. The van der Waals surface area contributed by atoms with E-state index in [1.54, 1.807) is 6.20 Å². The smallest absolute Gasteiger partial charge is 0.227 e. The summed E-state index contributed by atoms with van der Waals surface area (Å²) < 4.78 is 7.46. The van der Waals surface area contributed by atoms with Gasteiger partial charge in [-0.2, -0.15) is 10.1 Å². The van der Waals surface area contributed by atoms with Crippen molar-refractivity contribution in [3.8, 4) is 0 Å². The Labute approximate surface area is 182 Å². The number of ether oxygens (including phenoxy) is 1. The minimum atomic E-state index is -0.397. The highest BCUT2D eigenvalue weighted by Crippen LogP contribution is 2.35. The lowest BCUT2D eigenvalue weighted by Crippen LogP contribution is -2.15. The molecule has 3 aromatic rings. The van der Waals surface area contributed by atoms with Crippen molar-refractivity contribution in [2.45, 2.75) is 45.8 Å². The Morgan fingerprint density at radius 2 is 2.13 bits per heavy atom. The molecule has 1 saturated carbocycles. The first-order valence-electron chi connectivity index (χ1n) is 10.9. The third kappa shape index (κ3) is 4.94. The maximum Gasteiger partial charge on any atom is 0.227 e. The van der Waals surface area contributed by atoms with Gasteiger partial charge in [-0.1, -0.05) is 0 Å². The average molecular weight is 426 g/mol. The highest BCUT2D eigenvalue weighted by atomic mass is 16.5. The number of hydrogen-bond donors (Lipinski definition) is 2. The number of aliphatic hydroxyl groups excluding tert-OH is 1. The molecule has 1 aliphatic carbocycles. The van der Waals surface area contributed by atoms with Crippen LogP contribution in [0.2, 0.25) is 0 Å². The van der Waals surface area contributed by atoms with Crippen LogP contribution in [0.5, 0.6) is 0 Å².